The second kappa shape index (κ2) is 3.65. The van der Waals surface area contributed by atoms with E-state index in [0.717, 1.165) is 0 Å². The molecular weight excluding hydrogens is 192 g/mol. The Morgan fingerprint density at radius 3 is 2.13 bits per heavy atom. The Morgan fingerprint density at radius 1 is 1.20 bits per heavy atom. The van der Waals surface area contributed by atoms with Gasteiger partial charge in [0, 0.05) is 11.1 Å². The summed E-state index contributed by atoms with van der Waals surface area (Å²) in [6.07, 6.45) is 1.42. The smallest absolute Gasteiger partial charge is 0.224 e. The fraction of sp³-hybridized carbons (Fsp3) is 0.500. The molecule has 1 aliphatic carbocycles. The first-order valence-corrected chi connectivity index (χ1v) is 4.85. The first-order chi connectivity index (χ1) is 6.79. The summed E-state index contributed by atoms with van der Waals surface area (Å²) in [6.45, 7) is 7.31. The number of hydrogen-bond donors (Lipinski definition) is 0. The number of carbonyl (C=O) groups excluding carboxylic acids is 2. The average molecular weight is 208 g/mol. The van der Waals surface area contributed by atoms with Crippen molar-refractivity contribution in [2.45, 2.75) is 27.7 Å². The number of methoxy groups -OCH3 is 1. The predicted octanol–water partition coefficient (Wildman–Crippen LogP) is 2.03. The molecule has 0 bridgehead atoms. The van der Waals surface area contributed by atoms with Gasteiger partial charge in [0.25, 0.3) is 0 Å². The standard InChI is InChI=1S/C12H16O3/c1-7-9(13)6-8(12(2,3)4)10(14)11(7)15-5/h6H,1-5H3. The minimum Gasteiger partial charge on any atom is -0.492 e. The van der Waals surface area contributed by atoms with Gasteiger partial charge in [0.05, 0.1) is 7.11 Å². The molecule has 0 radical (unpaired) electrons. The fourth-order valence-electron chi connectivity index (χ4n) is 1.51. The summed E-state index contributed by atoms with van der Waals surface area (Å²) in [4.78, 5) is 23.6. The minimum absolute atomic E-state index is 0.142. The van der Waals surface area contributed by atoms with E-state index in [9.17, 15) is 9.59 Å². The van der Waals surface area contributed by atoms with Crippen LogP contribution >= 0.6 is 0 Å². The molecule has 1 aliphatic rings. The van der Waals surface area contributed by atoms with Crippen molar-refractivity contribution in [3.8, 4) is 0 Å². The van der Waals surface area contributed by atoms with Crippen LogP contribution in [0.15, 0.2) is 23.0 Å². The normalized spacial score (nSPS) is 18.1. The van der Waals surface area contributed by atoms with Crippen molar-refractivity contribution >= 4 is 11.6 Å². The van der Waals surface area contributed by atoms with E-state index in [1.165, 1.54) is 13.2 Å². The van der Waals surface area contributed by atoms with Crippen LogP contribution in [0.5, 0.6) is 0 Å². The van der Waals surface area contributed by atoms with Crippen molar-refractivity contribution in [1.82, 2.24) is 0 Å². The summed E-state index contributed by atoms with van der Waals surface area (Å²) in [5, 5.41) is 0. The third kappa shape index (κ3) is 2.01. The van der Waals surface area contributed by atoms with Gasteiger partial charge in [-0.2, -0.15) is 0 Å². The topological polar surface area (TPSA) is 43.4 Å². The van der Waals surface area contributed by atoms with Crippen molar-refractivity contribution in [2.24, 2.45) is 5.41 Å². The maximum Gasteiger partial charge on any atom is 0.224 e. The molecule has 15 heavy (non-hydrogen) atoms. The SMILES string of the molecule is COC1=C(C)C(=O)C=C(C(C)(C)C)C1=O. The largest absolute Gasteiger partial charge is 0.492 e. The predicted molar refractivity (Wildman–Crippen MR) is 57.3 cm³/mol. The molecule has 0 saturated heterocycles. The zero-order valence-electron chi connectivity index (χ0n) is 9.80. The lowest BCUT2D eigenvalue weighted by atomic mass is 9.79. The molecule has 0 aromatic rings. The lowest BCUT2D eigenvalue weighted by molar-refractivity contribution is -0.119. The highest BCUT2D eigenvalue weighted by Crippen LogP contribution is 2.32. The van der Waals surface area contributed by atoms with E-state index in [1.807, 2.05) is 20.8 Å². The van der Waals surface area contributed by atoms with Gasteiger partial charge in [-0.3, -0.25) is 9.59 Å². The van der Waals surface area contributed by atoms with Crippen LogP contribution in [0.3, 0.4) is 0 Å². The van der Waals surface area contributed by atoms with E-state index in [-0.39, 0.29) is 22.7 Å². The zero-order valence-corrected chi connectivity index (χ0v) is 9.80. The molecule has 0 heterocycles. The summed E-state index contributed by atoms with van der Waals surface area (Å²) >= 11 is 0. The molecule has 0 aliphatic heterocycles. The van der Waals surface area contributed by atoms with Crippen molar-refractivity contribution < 1.29 is 14.3 Å². The highest BCUT2D eigenvalue weighted by Gasteiger charge is 2.33. The van der Waals surface area contributed by atoms with Gasteiger partial charge in [-0.15, -0.1) is 0 Å². The number of ketones is 2. The minimum atomic E-state index is -0.336. The molecule has 0 atom stereocenters. The number of carbonyl (C=O) groups is 2. The summed E-state index contributed by atoms with van der Waals surface area (Å²) in [5.41, 5.74) is 0.558. The molecule has 0 amide bonds. The number of rotatable bonds is 1. The van der Waals surface area contributed by atoms with Gasteiger partial charge < -0.3 is 4.74 Å². The first kappa shape index (κ1) is 11.7. The monoisotopic (exact) mass is 208 g/mol. The van der Waals surface area contributed by atoms with Crippen molar-refractivity contribution in [3.05, 3.63) is 23.0 Å². The van der Waals surface area contributed by atoms with Crippen LogP contribution in [-0.2, 0) is 14.3 Å². The second-order valence-corrected chi connectivity index (χ2v) is 4.66. The first-order valence-electron chi connectivity index (χ1n) is 4.85. The molecule has 0 N–H and O–H groups in total. The lowest BCUT2D eigenvalue weighted by Gasteiger charge is -2.25. The second-order valence-electron chi connectivity index (χ2n) is 4.66. The van der Waals surface area contributed by atoms with Gasteiger partial charge in [0.15, 0.2) is 11.5 Å². The summed E-state index contributed by atoms with van der Waals surface area (Å²) in [7, 11) is 1.41. The highest BCUT2D eigenvalue weighted by atomic mass is 16.5. The molecule has 0 fully saturated rings. The van der Waals surface area contributed by atoms with Crippen LogP contribution in [-0.4, -0.2) is 18.7 Å². The van der Waals surface area contributed by atoms with Crippen molar-refractivity contribution in [1.29, 1.82) is 0 Å². The van der Waals surface area contributed by atoms with Gasteiger partial charge in [0.2, 0.25) is 5.78 Å². The van der Waals surface area contributed by atoms with Crippen molar-refractivity contribution in [3.63, 3.8) is 0 Å². The van der Waals surface area contributed by atoms with Crippen LogP contribution < -0.4 is 0 Å². The van der Waals surface area contributed by atoms with Crippen molar-refractivity contribution in [2.75, 3.05) is 7.11 Å². The lowest BCUT2D eigenvalue weighted by Crippen LogP contribution is -2.26. The Kier molecular flexibility index (Phi) is 2.84. The van der Waals surface area contributed by atoms with Gasteiger partial charge in [-0.25, -0.2) is 0 Å². The van der Waals surface area contributed by atoms with E-state index in [4.69, 9.17) is 4.74 Å². The van der Waals surface area contributed by atoms with Crippen LogP contribution in [0.1, 0.15) is 27.7 Å². The van der Waals surface area contributed by atoms with Gasteiger partial charge in [-0.05, 0) is 18.4 Å². The molecule has 3 heteroatoms. The van der Waals surface area contributed by atoms with Crippen LogP contribution in [0.25, 0.3) is 0 Å². The molecule has 0 aromatic heterocycles. The molecule has 3 nitrogen and oxygen atoms in total. The van der Waals surface area contributed by atoms with E-state index >= 15 is 0 Å². The molecule has 1 rings (SSSR count). The molecule has 0 spiro atoms. The van der Waals surface area contributed by atoms with E-state index in [0.29, 0.717) is 11.1 Å². The third-order valence-corrected chi connectivity index (χ3v) is 2.45. The average Bonchev–Trinajstić information content (AvgIpc) is 2.10. The maximum absolute atomic E-state index is 12.0. The summed E-state index contributed by atoms with van der Waals surface area (Å²) < 4.78 is 4.98. The van der Waals surface area contributed by atoms with Gasteiger partial charge >= 0.3 is 0 Å². The number of Topliss-reactive ketones (excluding diaryl/α,β-unsaturated/α-hetero) is 1. The summed E-state index contributed by atoms with van der Waals surface area (Å²) in [6, 6.07) is 0. The Bertz CT molecular complexity index is 378. The quantitative estimate of drug-likeness (QED) is 0.619. The van der Waals surface area contributed by atoms with Crippen LogP contribution in [0, 0.1) is 5.41 Å². The fourth-order valence-corrected chi connectivity index (χ4v) is 1.51. The Labute approximate surface area is 89.8 Å². The Balaban J connectivity index is 3.25. The highest BCUT2D eigenvalue weighted by molar-refractivity contribution is 6.22. The molecular formula is C12H16O3. The van der Waals surface area contributed by atoms with E-state index in [1.54, 1.807) is 6.92 Å². The van der Waals surface area contributed by atoms with E-state index < -0.39 is 0 Å². The van der Waals surface area contributed by atoms with Crippen LogP contribution in [0.2, 0.25) is 0 Å². The van der Waals surface area contributed by atoms with Gasteiger partial charge in [0.1, 0.15) is 0 Å². The van der Waals surface area contributed by atoms with Gasteiger partial charge in [-0.1, -0.05) is 20.8 Å². The maximum atomic E-state index is 12.0. The molecule has 0 saturated carbocycles. The van der Waals surface area contributed by atoms with E-state index in [2.05, 4.69) is 0 Å². The third-order valence-electron chi connectivity index (χ3n) is 2.45. The molecule has 0 unspecified atom stereocenters. The zero-order chi connectivity index (χ0) is 11.8. The molecule has 0 aromatic carbocycles. The number of hydrogen-bond acceptors (Lipinski definition) is 3. The molecule has 82 valence electrons. The Hall–Kier alpha value is -1.38. The number of ether oxygens (including phenoxy) is 1. The summed E-state index contributed by atoms with van der Waals surface area (Å²) in [5.74, 6) is -0.147. The van der Waals surface area contributed by atoms with Crippen LogP contribution in [0.4, 0.5) is 0 Å². The Morgan fingerprint density at radius 2 is 1.73 bits per heavy atom. The number of allylic oxidation sites excluding steroid dienone is 3.